The molecule has 0 aliphatic rings. The molecule has 0 fully saturated rings. The van der Waals surface area contributed by atoms with Gasteiger partial charge in [-0.2, -0.15) is 0 Å². The summed E-state index contributed by atoms with van der Waals surface area (Å²) < 4.78 is 29.6. The third-order valence-electron chi connectivity index (χ3n) is 2.25. The number of sulfonamides is 1. The third-order valence-corrected chi connectivity index (χ3v) is 2.98. The lowest BCUT2D eigenvalue weighted by Crippen LogP contribution is -2.30. The molecule has 0 bridgehead atoms. The fourth-order valence-electron chi connectivity index (χ4n) is 1.49. The van der Waals surface area contributed by atoms with E-state index in [1.165, 1.54) is 0 Å². The van der Waals surface area contributed by atoms with E-state index in [-0.39, 0.29) is 0 Å². The molecule has 5 nitrogen and oxygen atoms in total. The predicted molar refractivity (Wildman–Crippen MR) is 72.2 cm³/mol. The molecule has 0 aliphatic carbocycles. The lowest BCUT2D eigenvalue weighted by molar-refractivity contribution is 0.335. The van der Waals surface area contributed by atoms with Crippen LogP contribution < -0.4 is 14.8 Å². The molecular formula is C12H20N2O3S. The molecule has 0 amide bonds. The molecule has 102 valence electrons. The molecule has 0 unspecified atom stereocenters. The van der Waals surface area contributed by atoms with Crippen LogP contribution >= 0.6 is 0 Å². The fourth-order valence-corrected chi connectivity index (χ4v) is 1.97. The van der Waals surface area contributed by atoms with Gasteiger partial charge in [0.1, 0.15) is 5.75 Å². The number of nitrogens with one attached hydrogen (secondary N) is 2. The Hall–Kier alpha value is -1.11. The van der Waals surface area contributed by atoms with Crippen molar-refractivity contribution in [3.8, 4) is 5.75 Å². The molecule has 0 radical (unpaired) electrons. The molecule has 0 aromatic heterocycles. The van der Waals surface area contributed by atoms with Crippen LogP contribution in [0.1, 0.15) is 12.5 Å². The van der Waals surface area contributed by atoms with Crippen molar-refractivity contribution in [2.45, 2.75) is 13.5 Å². The van der Waals surface area contributed by atoms with Crippen LogP contribution in [0, 0.1) is 0 Å². The first-order chi connectivity index (χ1) is 8.53. The second-order valence-electron chi connectivity index (χ2n) is 3.88. The Morgan fingerprint density at radius 2 is 1.94 bits per heavy atom. The van der Waals surface area contributed by atoms with E-state index in [2.05, 4.69) is 10.0 Å². The summed E-state index contributed by atoms with van der Waals surface area (Å²) >= 11 is 0. The number of para-hydroxylation sites is 1. The Morgan fingerprint density at radius 1 is 1.22 bits per heavy atom. The molecule has 1 aromatic rings. The zero-order chi connectivity index (χ0) is 13.4. The van der Waals surface area contributed by atoms with Gasteiger partial charge in [0.15, 0.2) is 0 Å². The summed E-state index contributed by atoms with van der Waals surface area (Å²) in [5.74, 6) is 0.864. The third kappa shape index (κ3) is 6.00. The summed E-state index contributed by atoms with van der Waals surface area (Å²) in [6.07, 6.45) is 1.15. The van der Waals surface area contributed by atoms with E-state index in [1.54, 1.807) is 0 Å². The van der Waals surface area contributed by atoms with Gasteiger partial charge >= 0.3 is 0 Å². The average molecular weight is 272 g/mol. The summed E-state index contributed by atoms with van der Waals surface area (Å²) in [6.45, 7) is 4.19. The average Bonchev–Trinajstić information content (AvgIpc) is 2.29. The minimum atomic E-state index is -3.10. The summed E-state index contributed by atoms with van der Waals surface area (Å²) in [6, 6.07) is 7.80. The molecule has 0 saturated carbocycles. The lowest BCUT2D eigenvalue weighted by atomic mass is 10.2. The van der Waals surface area contributed by atoms with Crippen LogP contribution in [-0.2, 0) is 16.6 Å². The highest BCUT2D eigenvalue weighted by Crippen LogP contribution is 2.17. The molecule has 6 heteroatoms. The SMILES string of the molecule is CCOc1ccccc1CNCCNS(C)(=O)=O. The first-order valence-corrected chi connectivity index (χ1v) is 7.78. The Kier molecular flexibility index (Phi) is 6.11. The Morgan fingerprint density at radius 3 is 2.61 bits per heavy atom. The molecular weight excluding hydrogens is 252 g/mol. The van der Waals surface area contributed by atoms with E-state index in [0.717, 1.165) is 17.6 Å². The maximum atomic E-state index is 10.8. The van der Waals surface area contributed by atoms with Crippen LogP contribution in [0.3, 0.4) is 0 Å². The van der Waals surface area contributed by atoms with Crippen LogP contribution in [0.5, 0.6) is 5.75 Å². The molecule has 0 aliphatic heterocycles. The monoisotopic (exact) mass is 272 g/mol. The molecule has 1 aromatic carbocycles. The standard InChI is InChI=1S/C12H20N2O3S/c1-3-17-12-7-5-4-6-11(12)10-13-8-9-14-18(2,15)16/h4-7,13-14H,3,8-10H2,1-2H3. The molecule has 0 saturated heterocycles. The van der Waals surface area contributed by atoms with E-state index in [9.17, 15) is 8.42 Å². The highest BCUT2D eigenvalue weighted by molar-refractivity contribution is 7.88. The highest BCUT2D eigenvalue weighted by Gasteiger charge is 2.02. The van der Waals surface area contributed by atoms with Crippen molar-refractivity contribution >= 4 is 10.0 Å². The molecule has 2 N–H and O–H groups in total. The maximum Gasteiger partial charge on any atom is 0.208 e. The van der Waals surface area contributed by atoms with Crippen LogP contribution in [0.4, 0.5) is 0 Å². The summed E-state index contributed by atoms with van der Waals surface area (Å²) in [4.78, 5) is 0. The second kappa shape index (κ2) is 7.35. The van der Waals surface area contributed by atoms with Gasteiger partial charge in [-0.05, 0) is 13.0 Å². The minimum Gasteiger partial charge on any atom is -0.494 e. The van der Waals surface area contributed by atoms with Gasteiger partial charge in [0.05, 0.1) is 12.9 Å². The summed E-state index contributed by atoms with van der Waals surface area (Å²) in [5.41, 5.74) is 1.07. The van der Waals surface area contributed by atoms with Crippen LogP contribution in [0.15, 0.2) is 24.3 Å². The molecule has 0 atom stereocenters. The van der Waals surface area contributed by atoms with Crippen molar-refractivity contribution in [2.75, 3.05) is 26.0 Å². The fraction of sp³-hybridized carbons (Fsp3) is 0.500. The molecule has 0 spiro atoms. The first kappa shape index (κ1) is 14.9. The molecule has 0 heterocycles. The number of hydrogen-bond donors (Lipinski definition) is 2. The van der Waals surface area contributed by atoms with Crippen molar-refractivity contribution in [1.82, 2.24) is 10.0 Å². The quantitative estimate of drug-likeness (QED) is 0.684. The van der Waals surface area contributed by atoms with E-state index >= 15 is 0 Å². The van der Waals surface area contributed by atoms with E-state index < -0.39 is 10.0 Å². The van der Waals surface area contributed by atoms with Crippen LogP contribution in [0.25, 0.3) is 0 Å². The van der Waals surface area contributed by atoms with Crippen molar-refractivity contribution in [3.05, 3.63) is 29.8 Å². The van der Waals surface area contributed by atoms with E-state index in [4.69, 9.17) is 4.74 Å². The minimum absolute atomic E-state index is 0.385. The van der Waals surface area contributed by atoms with Gasteiger partial charge in [0, 0.05) is 25.2 Å². The van der Waals surface area contributed by atoms with Crippen molar-refractivity contribution in [1.29, 1.82) is 0 Å². The summed E-state index contributed by atoms with van der Waals surface area (Å²) in [5, 5.41) is 3.17. The number of benzene rings is 1. The smallest absolute Gasteiger partial charge is 0.208 e. The first-order valence-electron chi connectivity index (χ1n) is 5.89. The maximum absolute atomic E-state index is 10.8. The molecule has 18 heavy (non-hydrogen) atoms. The lowest BCUT2D eigenvalue weighted by Gasteiger charge is -2.10. The topological polar surface area (TPSA) is 67.4 Å². The predicted octanol–water partition coefficient (Wildman–Crippen LogP) is 0.724. The van der Waals surface area contributed by atoms with Gasteiger partial charge in [-0.3, -0.25) is 0 Å². The number of rotatable bonds is 8. The summed E-state index contributed by atoms with van der Waals surface area (Å²) in [7, 11) is -3.10. The molecule has 1 rings (SSSR count). The Labute approximate surface area is 109 Å². The van der Waals surface area contributed by atoms with Gasteiger partial charge in [-0.15, -0.1) is 0 Å². The largest absolute Gasteiger partial charge is 0.494 e. The van der Waals surface area contributed by atoms with Crippen LogP contribution in [-0.4, -0.2) is 34.4 Å². The second-order valence-corrected chi connectivity index (χ2v) is 5.72. The van der Waals surface area contributed by atoms with Gasteiger partial charge in [-0.25, -0.2) is 13.1 Å². The zero-order valence-corrected chi connectivity index (χ0v) is 11.6. The van der Waals surface area contributed by atoms with Crippen LogP contribution in [0.2, 0.25) is 0 Å². The van der Waals surface area contributed by atoms with Gasteiger partial charge < -0.3 is 10.1 Å². The zero-order valence-electron chi connectivity index (χ0n) is 10.8. The van der Waals surface area contributed by atoms with E-state index in [0.29, 0.717) is 26.2 Å². The Balaban J connectivity index is 2.35. The number of hydrogen-bond acceptors (Lipinski definition) is 4. The number of ether oxygens (including phenoxy) is 1. The Bertz CT molecular complexity index is 460. The van der Waals surface area contributed by atoms with Crippen molar-refractivity contribution in [3.63, 3.8) is 0 Å². The van der Waals surface area contributed by atoms with Gasteiger partial charge in [0.25, 0.3) is 0 Å². The van der Waals surface area contributed by atoms with Gasteiger partial charge in [-0.1, -0.05) is 18.2 Å². The van der Waals surface area contributed by atoms with Crippen molar-refractivity contribution < 1.29 is 13.2 Å². The normalized spacial score (nSPS) is 11.4. The van der Waals surface area contributed by atoms with E-state index in [1.807, 2.05) is 31.2 Å². The van der Waals surface area contributed by atoms with Gasteiger partial charge in [0.2, 0.25) is 10.0 Å². The highest BCUT2D eigenvalue weighted by atomic mass is 32.2. The van der Waals surface area contributed by atoms with Crippen molar-refractivity contribution in [2.24, 2.45) is 0 Å².